The molecule has 1 rings (SSSR count). The van der Waals surface area contributed by atoms with E-state index in [0.29, 0.717) is 6.54 Å². The molecule has 0 spiro atoms. The Morgan fingerprint density at radius 1 is 1.39 bits per heavy atom. The van der Waals surface area contributed by atoms with Crippen molar-refractivity contribution >= 4 is 5.82 Å². The fourth-order valence-corrected chi connectivity index (χ4v) is 1.69. The van der Waals surface area contributed by atoms with Crippen molar-refractivity contribution in [1.82, 2.24) is 10.3 Å². The zero-order valence-electron chi connectivity index (χ0n) is 12.0. The molecule has 0 aliphatic carbocycles. The summed E-state index contributed by atoms with van der Waals surface area (Å²) in [6.07, 6.45) is 2.29. The Morgan fingerprint density at radius 2 is 2.06 bits per heavy atom. The van der Waals surface area contributed by atoms with Gasteiger partial charge in [0.2, 0.25) is 0 Å². The van der Waals surface area contributed by atoms with Crippen molar-refractivity contribution in [1.29, 1.82) is 0 Å². The molecule has 1 N–H and O–H groups in total. The highest BCUT2D eigenvalue weighted by Gasteiger charge is 2.24. The molecular formula is C14H24FN3. The fourth-order valence-electron chi connectivity index (χ4n) is 1.69. The second-order valence-electron chi connectivity index (χ2n) is 5.14. The maximum atomic E-state index is 13.3. The minimum atomic E-state index is -0.283. The van der Waals surface area contributed by atoms with E-state index in [1.807, 2.05) is 14.0 Å². The van der Waals surface area contributed by atoms with E-state index in [1.165, 1.54) is 6.20 Å². The third-order valence-electron chi connectivity index (χ3n) is 3.57. The number of aromatic nitrogens is 1. The topological polar surface area (TPSA) is 28.2 Å². The lowest BCUT2D eigenvalue weighted by Crippen LogP contribution is -2.41. The SMILES string of the molecule is CCNCc1cc(F)cnc1N(C)C(C)(C)CC. The highest BCUT2D eigenvalue weighted by atomic mass is 19.1. The number of rotatable bonds is 6. The molecule has 0 saturated heterocycles. The molecule has 0 fully saturated rings. The minimum Gasteiger partial charge on any atom is -0.354 e. The molecule has 0 unspecified atom stereocenters. The van der Waals surface area contributed by atoms with Gasteiger partial charge in [-0.15, -0.1) is 0 Å². The summed E-state index contributed by atoms with van der Waals surface area (Å²) >= 11 is 0. The standard InChI is InChI=1S/C14H24FN3/c1-6-14(3,4)18(5)13-11(9-16-7-2)8-12(15)10-17-13/h8,10,16H,6-7,9H2,1-5H3. The Kier molecular flexibility index (Phi) is 5.08. The smallest absolute Gasteiger partial charge is 0.141 e. The summed E-state index contributed by atoms with van der Waals surface area (Å²) in [7, 11) is 2.01. The molecule has 1 heterocycles. The highest BCUT2D eigenvalue weighted by Crippen LogP contribution is 2.26. The Morgan fingerprint density at radius 3 is 2.61 bits per heavy atom. The van der Waals surface area contributed by atoms with Crippen LogP contribution in [0.3, 0.4) is 0 Å². The van der Waals surface area contributed by atoms with E-state index < -0.39 is 0 Å². The first-order valence-corrected chi connectivity index (χ1v) is 6.51. The van der Waals surface area contributed by atoms with Crippen LogP contribution >= 0.6 is 0 Å². The van der Waals surface area contributed by atoms with Crippen molar-refractivity contribution in [2.75, 3.05) is 18.5 Å². The first kappa shape index (κ1) is 14.9. The van der Waals surface area contributed by atoms with Gasteiger partial charge in [0.1, 0.15) is 11.6 Å². The van der Waals surface area contributed by atoms with Gasteiger partial charge >= 0.3 is 0 Å². The monoisotopic (exact) mass is 253 g/mol. The van der Waals surface area contributed by atoms with Crippen LogP contribution in [0.25, 0.3) is 0 Å². The third kappa shape index (κ3) is 3.42. The van der Waals surface area contributed by atoms with Crippen LogP contribution in [0.4, 0.5) is 10.2 Å². The molecule has 0 aliphatic rings. The van der Waals surface area contributed by atoms with Crippen LogP contribution in [0.2, 0.25) is 0 Å². The van der Waals surface area contributed by atoms with Gasteiger partial charge in [-0.1, -0.05) is 13.8 Å². The normalized spacial score (nSPS) is 11.7. The van der Waals surface area contributed by atoms with Crippen molar-refractivity contribution in [2.24, 2.45) is 0 Å². The van der Waals surface area contributed by atoms with Crippen LogP contribution in [-0.2, 0) is 6.54 Å². The van der Waals surface area contributed by atoms with Crippen molar-refractivity contribution < 1.29 is 4.39 Å². The summed E-state index contributed by atoms with van der Waals surface area (Å²) in [5.41, 5.74) is 0.909. The van der Waals surface area contributed by atoms with E-state index >= 15 is 0 Å². The van der Waals surface area contributed by atoms with Gasteiger partial charge in [-0.2, -0.15) is 0 Å². The number of pyridine rings is 1. The van der Waals surface area contributed by atoms with Gasteiger partial charge in [-0.3, -0.25) is 0 Å². The quantitative estimate of drug-likeness (QED) is 0.845. The molecule has 1 aromatic heterocycles. The number of hydrogen-bond donors (Lipinski definition) is 1. The van der Waals surface area contributed by atoms with Crippen LogP contribution in [0.5, 0.6) is 0 Å². The molecule has 4 heteroatoms. The summed E-state index contributed by atoms with van der Waals surface area (Å²) in [4.78, 5) is 6.38. The van der Waals surface area contributed by atoms with Gasteiger partial charge in [-0.05, 0) is 32.9 Å². The maximum Gasteiger partial charge on any atom is 0.141 e. The zero-order valence-corrected chi connectivity index (χ0v) is 12.0. The molecule has 18 heavy (non-hydrogen) atoms. The van der Waals surface area contributed by atoms with Gasteiger partial charge in [0, 0.05) is 24.7 Å². The molecule has 0 atom stereocenters. The van der Waals surface area contributed by atoms with Crippen LogP contribution < -0.4 is 10.2 Å². The lowest BCUT2D eigenvalue weighted by molar-refractivity contribution is 0.464. The van der Waals surface area contributed by atoms with Gasteiger partial charge < -0.3 is 10.2 Å². The molecule has 0 radical (unpaired) electrons. The molecule has 102 valence electrons. The van der Waals surface area contributed by atoms with Crippen LogP contribution in [0.15, 0.2) is 12.3 Å². The van der Waals surface area contributed by atoms with E-state index in [4.69, 9.17) is 0 Å². The fraction of sp³-hybridized carbons (Fsp3) is 0.643. The largest absolute Gasteiger partial charge is 0.354 e. The van der Waals surface area contributed by atoms with Crippen molar-refractivity contribution in [3.63, 3.8) is 0 Å². The van der Waals surface area contributed by atoms with E-state index in [0.717, 1.165) is 24.3 Å². The Bertz CT molecular complexity index is 391. The van der Waals surface area contributed by atoms with Crippen LogP contribution in [0, 0.1) is 5.82 Å². The average Bonchev–Trinajstić information content (AvgIpc) is 2.35. The van der Waals surface area contributed by atoms with Crippen LogP contribution in [-0.4, -0.2) is 24.1 Å². The number of anilines is 1. The first-order chi connectivity index (χ1) is 8.42. The second-order valence-corrected chi connectivity index (χ2v) is 5.14. The molecule has 0 aromatic carbocycles. The van der Waals surface area contributed by atoms with Gasteiger partial charge in [0.15, 0.2) is 0 Å². The first-order valence-electron chi connectivity index (χ1n) is 6.51. The summed E-state index contributed by atoms with van der Waals surface area (Å²) in [6, 6.07) is 1.56. The molecule has 0 saturated carbocycles. The van der Waals surface area contributed by atoms with Gasteiger partial charge in [0.25, 0.3) is 0 Å². The number of nitrogens with one attached hydrogen (secondary N) is 1. The van der Waals surface area contributed by atoms with Crippen molar-refractivity contribution in [3.8, 4) is 0 Å². The van der Waals surface area contributed by atoms with Crippen molar-refractivity contribution in [3.05, 3.63) is 23.6 Å². The van der Waals surface area contributed by atoms with E-state index in [2.05, 4.69) is 36.0 Å². The van der Waals surface area contributed by atoms with Gasteiger partial charge in [0.05, 0.1) is 6.20 Å². The average molecular weight is 253 g/mol. The Hall–Kier alpha value is -1.16. The van der Waals surface area contributed by atoms with Crippen LogP contribution in [0.1, 0.15) is 39.7 Å². The number of nitrogens with zero attached hydrogens (tertiary/aromatic N) is 2. The molecule has 0 bridgehead atoms. The Labute approximate surface area is 109 Å². The summed E-state index contributed by atoms with van der Waals surface area (Å²) in [6.45, 7) is 10.00. The van der Waals surface area contributed by atoms with Crippen molar-refractivity contribution in [2.45, 2.75) is 46.2 Å². The Balaban J connectivity index is 3.06. The lowest BCUT2D eigenvalue weighted by Gasteiger charge is -2.37. The summed E-state index contributed by atoms with van der Waals surface area (Å²) in [5, 5.41) is 3.22. The molecule has 0 aliphatic heterocycles. The molecular weight excluding hydrogens is 229 g/mol. The van der Waals surface area contributed by atoms with E-state index in [9.17, 15) is 4.39 Å². The third-order valence-corrected chi connectivity index (χ3v) is 3.57. The maximum absolute atomic E-state index is 13.3. The lowest BCUT2D eigenvalue weighted by atomic mass is 9.99. The van der Waals surface area contributed by atoms with E-state index in [1.54, 1.807) is 6.07 Å². The predicted molar refractivity (Wildman–Crippen MR) is 74.3 cm³/mol. The zero-order chi connectivity index (χ0) is 13.8. The molecule has 3 nitrogen and oxygen atoms in total. The van der Waals surface area contributed by atoms with E-state index in [-0.39, 0.29) is 11.4 Å². The predicted octanol–water partition coefficient (Wildman–Crippen LogP) is 2.96. The number of hydrogen-bond acceptors (Lipinski definition) is 3. The highest BCUT2D eigenvalue weighted by molar-refractivity contribution is 5.48. The molecule has 0 amide bonds. The summed E-state index contributed by atoms with van der Waals surface area (Å²) < 4.78 is 13.3. The van der Waals surface area contributed by atoms with Gasteiger partial charge in [-0.25, -0.2) is 9.37 Å². The second kappa shape index (κ2) is 6.14. The number of halogens is 1. The molecule has 1 aromatic rings. The summed E-state index contributed by atoms with van der Waals surface area (Å²) in [5.74, 6) is 0.568. The minimum absolute atomic E-state index is 0.00575.